The Balaban J connectivity index is 2.57. The van der Waals surface area contributed by atoms with Gasteiger partial charge in [-0.3, -0.25) is 4.98 Å². The van der Waals surface area contributed by atoms with E-state index in [9.17, 15) is 0 Å². The van der Waals surface area contributed by atoms with Crippen molar-refractivity contribution in [2.45, 2.75) is 4.90 Å². The second-order valence-corrected chi connectivity index (χ2v) is 3.81. The second-order valence-electron chi connectivity index (χ2n) is 2.93. The molecule has 1 aromatic carbocycles. The fraction of sp³-hybridized carbons (Fsp3) is 0.182. The number of hydrogen-bond acceptors (Lipinski definition) is 3. The Morgan fingerprint density at radius 1 is 1.29 bits per heavy atom. The Kier molecular flexibility index (Phi) is 2.59. The van der Waals surface area contributed by atoms with Gasteiger partial charge in [0.05, 0.1) is 18.8 Å². The molecule has 1 aromatic heterocycles. The fourth-order valence-electron chi connectivity index (χ4n) is 1.32. The first-order valence-electron chi connectivity index (χ1n) is 4.31. The average Bonchev–Trinajstić information content (AvgIpc) is 2.27. The molecule has 2 rings (SSSR count). The lowest BCUT2D eigenvalue weighted by Gasteiger charge is -2.02. The van der Waals surface area contributed by atoms with E-state index in [4.69, 9.17) is 4.74 Å². The molecular weight excluding hydrogens is 194 g/mol. The van der Waals surface area contributed by atoms with Crippen LogP contribution in [-0.4, -0.2) is 18.3 Å². The number of fused-ring (bicyclic) bond motifs is 1. The number of pyridine rings is 1. The van der Waals surface area contributed by atoms with Gasteiger partial charge < -0.3 is 4.74 Å². The van der Waals surface area contributed by atoms with E-state index in [0.29, 0.717) is 0 Å². The molecule has 3 heteroatoms. The monoisotopic (exact) mass is 205 g/mol. The number of ether oxygens (including phenoxy) is 1. The maximum absolute atomic E-state index is 5.11. The van der Waals surface area contributed by atoms with Crippen molar-refractivity contribution in [3.63, 3.8) is 0 Å². The van der Waals surface area contributed by atoms with E-state index in [-0.39, 0.29) is 0 Å². The summed E-state index contributed by atoms with van der Waals surface area (Å²) in [6.45, 7) is 0. The number of hydrogen-bond donors (Lipinski definition) is 0. The van der Waals surface area contributed by atoms with Crippen LogP contribution in [0.15, 0.2) is 35.4 Å². The van der Waals surface area contributed by atoms with Crippen molar-refractivity contribution in [3.8, 4) is 5.75 Å². The third kappa shape index (κ3) is 1.68. The maximum atomic E-state index is 5.11. The minimum Gasteiger partial charge on any atom is -0.495 e. The van der Waals surface area contributed by atoms with Crippen molar-refractivity contribution in [3.05, 3.63) is 30.5 Å². The zero-order valence-corrected chi connectivity index (χ0v) is 8.97. The SMILES string of the molecule is COc1cnc2cc(SC)ccc2c1. The van der Waals surface area contributed by atoms with Crippen molar-refractivity contribution < 1.29 is 4.74 Å². The van der Waals surface area contributed by atoms with Crippen molar-refractivity contribution in [2.75, 3.05) is 13.4 Å². The molecule has 0 N–H and O–H groups in total. The Labute approximate surface area is 87.3 Å². The molecule has 0 aliphatic heterocycles. The van der Waals surface area contributed by atoms with Crippen LogP contribution in [0.2, 0.25) is 0 Å². The van der Waals surface area contributed by atoms with Gasteiger partial charge in [0.2, 0.25) is 0 Å². The van der Waals surface area contributed by atoms with Crippen molar-refractivity contribution in [1.82, 2.24) is 4.98 Å². The summed E-state index contributed by atoms with van der Waals surface area (Å²) in [7, 11) is 1.65. The Bertz CT molecular complexity index is 413. The van der Waals surface area contributed by atoms with E-state index >= 15 is 0 Å². The zero-order chi connectivity index (χ0) is 9.97. The van der Waals surface area contributed by atoms with Gasteiger partial charge in [0.1, 0.15) is 5.75 Å². The molecule has 0 saturated heterocycles. The van der Waals surface area contributed by atoms with Crippen LogP contribution >= 0.6 is 11.8 Å². The lowest BCUT2D eigenvalue weighted by Crippen LogP contribution is -1.85. The normalized spacial score (nSPS) is 10.4. The smallest absolute Gasteiger partial charge is 0.137 e. The Morgan fingerprint density at radius 2 is 2.14 bits per heavy atom. The van der Waals surface area contributed by atoms with Gasteiger partial charge >= 0.3 is 0 Å². The van der Waals surface area contributed by atoms with Crippen LogP contribution < -0.4 is 4.74 Å². The largest absolute Gasteiger partial charge is 0.495 e. The number of thioether (sulfide) groups is 1. The lowest BCUT2D eigenvalue weighted by molar-refractivity contribution is 0.414. The highest BCUT2D eigenvalue weighted by Gasteiger charge is 1.98. The summed E-state index contributed by atoms with van der Waals surface area (Å²) in [5, 5.41) is 1.11. The summed E-state index contributed by atoms with van der Waals surface area (Å²) in [5.74, 6) is 0.800. The molecule has 2 aromatic rings. The topological polar surface area (TPSA) is 22.1 Å². The van der Waals surface area contributed by atoms with Crippen LogP contribution in [0.4, 0.5) is 0 Å². The quantitative estimate of drug-likeness (QED) is 0.704. The molecule has 0 spiro atoms. The summed E-state index contributed by atoms with van der Waals surface area (Å²) in [6, 6.07) is 8.23. The maximum Gasteiger partial charge on any atom is 0.137 e. The van der Waals surface area contributed by atoms with Gasteiger partial charge in [-0.15, -0.1) is 11.8 Å². The number of benzene rings is 1. The van der Waals surface area contributed by atoms with E-state index in [1.165, 1.54) is 4.90 Å². The predicted molar refractivity (Wildman–Crippen MR) is 60.1 cm³/mol. The molecule has 0 amide bonds. The molecule has 0 aliphatic carbocycles. The molecule has 0 aliphatic rings. The number of nitrogens with zero attached hydrogens (tertiary/aromatic N) is 1. The van der Waals surface area contributed by atoms with Crippen LogP contribution in [-0.2, 0) is 0 Å². The van der Waals surface area contributed by atoms with Crippen molar-refractivity contribution in [1.29, 1.82) is 0 Å². The number of aromatic nitrogens is 1. The molecule has 0 unspecified atom stereocenters. The molecule has 14 heavy (non-hydrogen) atoms. The van der Waals surface area contributed by atoms with E-state index in [0.717, 1.165) is 16.7 Å². The first kappa shape index (κ1) is 9.34. The third-order valence-corrected chi connectivity index (χ3v) is 2.83. The lowest BCUT2D eigenvalue weighted by atomic mass is 10.2. The van der Waals surface area contributed by atoms with Crippen LogP contribution in [0.25, 0.3) is 10.9 Å². The molecule has 0 fully saturated rings. The highest BCUT2D eigenvalue weighted by atomic mass is 32.2. The highest BCUT2D eigenvalue weighted by Crippen LogP contribution is 2.23. The average molecular weight is 205 g/mol. The van der Waals surface area contributed by atoms with Gasteiger partial charge in [0, 0.05) is 10.3 Å². The summed E-state index contributed by atoms with van der Waals surface area (Å²) >= 11 is 1.72. The van der Waals surface area contributed by atoms with E-state index in [2.05, 4.69) is 29.4 Å². The first-order chi connectivity index (χ1) is 6.83. The molecule has 0 radical (unpaired) electrons. The molecule has 0 saturated carbocycles. The van der Waals surface area contributed by atoms with Crippen LogP contribution in [0, 0.1) is 0 Å². The van der Waals surface area contributed by atoms with Crippen molar-refractivity contribution >= 4 is 22.7 Å². The summed E-state index contributed by atoms with van der Waals surface area (Å²) in [5.41, 5.74) is 1.01. The standard InChI is InChI=1S/C11H11NOS/c1-13-9-5-8-3-4-10(14-2)6-11(8)12-7-9/h3-7H,1-2H3. The van der Waals surface area contributed by atoms with E-state index in [1.54, 1.807) is 25.1 Å². The predicted octanol–water partition coefficient (Wildman–Crippen LogP) is 2.97. The molecule has 0 bridgehead atoms. The van der Waals surface area contributed by atoms with Gasteiger partial charge in [-0.2, -0.15) is 0 Å². The molecule has 2 nitrogen and oxygen atoms in total. The molecule has 1 heterocycles. The van der Waals surface area contributed by atoms with Crippen molar-refractivity contribution in [2.24, 2.45) is 0 Å². The minimum absolute atomic E-state index is 0.800. The van der Waals surface area contributed by atoms with Gasteiger partial charge in [0.15, 0.2) is 0 Å². The van der Waals surface area contributed by atoms with Gasteiger partial charge in [0.25, 0.3) is 0 Å². The summed E-state index contributed by atoms with van der Waals surface area (Å²) in [6.07, 6.45) is 3.80. The molecular formula is C11H11NOS. The van der Waals surface area contributed by atoms with Crippen LogP contribution in [0.3, 0.4) is 0 Å². The number of rotatable bonds is 2. The fourth-order valence-corrected chi connectivity index (χ4v) is 1.75. The Morgan fingerprint density at radius 3 is 2.86 bits per heavy atom. The Hall–Kier alpha value is -1.22. The zero-order valence-electron chi connectivity index (χ0n) is 8.15. The first-order valence-corrected chi connectivity index (χ1v) is 5.54. The molecule has 0 atom stereocenters. The molecule has 72 valence electrons. The number of methoxy groups -OCH3 is 1. The third-order valence-electron chi connectivity index (χ3n) is 2.10. The van der Waals surface area contributed by atoms with Gasteiger partial charge in [-0.25, -0.2) is 0 Å². The highest BCUT2D eigenvalue weighted by molar-refractivity contribution is 7.98. The van der Waals surface area contributed by atoms with Gasteiger partial charge in [-0.05, 0) is 24.5 Å². The summed E-state index contributed by atoms with van der Waals surface area (Å²) in [4.78, 5) is 5.55. The van der Waals surface area contributed by atoms with Crippen LogP contribution in [0.5, 0.6) is 5.75 Å². The second kappa shape index (κ2) is 3.88. The summed E-state index contributed by atoms with van der Waals surface area (Å²) < 4.78 is 5.11. The van der Waals surface area contributed by atoms with Crippen LogP contribution in [0.1, 0.15) is 0 Å². The minimum atomic E-state index is 0.800. The van der Waals surface area contributed by atoms with Gasteiger partial charge in [-0.1, -0.05) is 6.07 Å². The van der Waals surface area contributed by atoms with E-state index in [1.807, 2.05) is 6.07 Å². The van der Waals surface area contributed by atoms with E-state index < -0.39 is 0 Å².